The van der Waals surface area contributed by atoms with Gasteiger partial charge in [-0.25, -0.2) is 9.50 Å². The molecule has 1 aliphatic heterocycles. The predicted octanol–water partition coefficient (Wildman–Crippen LogP) is 5.44. The van der Waals surface area contributed by atoms with Crippen LogP contribution in [0.5, 0.6) is 17.5 Å². The molecule has 0 saturated carbocycles. The van der Waals surface area contributed by atoms with E-state index in [1.165, 1.54) is 0 Å². The van der Waals surface area contributed by atoms with E-state index in [0.717, 1.165) is 66.2 Å². The maximum absolute atomic E-state index is 12.0. The van der Waals surface area contributed by atoms with Crippen LogP contribution in [0.15, 0.2) is 79.0 Å². The van der Waals surface area contributed by atoms with Crippen LogP contribution in [-0.4, -0.2) is 76.7 Å². The Morgan fingerprint density at radius 2 is 1.54 bits per heavy atom. The minimum atomic E-state index is -0.972. The molecule has 1 fully saturated rings. The van der Waals surface area contributed by atoms with Crippen LogP contribution in [0, 0.1) is 0 Å². The van der Waals surface area contributed by atoms with Crippen molar-refractivity contribution in [2.45, 2.75) is 45.5 Å². The van der Waals surface area contributed by atoms with Crippen LogP contribution in [0.4, 0.5) is 5.82 Å². The average molecular weight is 653 g/mol. The van der Waals surface area contributed by atoms with Crippen LogP contribution in [0.2, 0.25) is 0 Å². The van der Waals surface area contributed by atoms with E-state index in [0.29, 0.717) is 50.1 Å². The maximum Gasteiger partial charge on any atom is 0.336 e. The molecule has 3 heterocycles. The predicted molar refractivity (Wildman–Crippen MR) is 184 cm³/mol. The first kappa shape index (κ1) is 33.2. The normalized spacial score (nSPS) is 14.2. The lowest BCUT2D eigenvalue weighted by Crippen LogP contribution is -2.36. The van der Waals surface area contributed by atoms with Gasteiger partial charge >= 0.3 is 6.01 Å². The van der Waals surface area contributed by atoms with E-state index in [1.54, 1.807) is 24.9 Å². The third-order valence-corrected chi connectivity index (χ3v) is 8.57. The Labute approximate surface area is 281 Å². The molecule has 252 valence electrons. The molecule has 1 aliphatic rings. The molecule has 1 atom stereocenters. The third-order valence-electron chi connectivity index (χ3n) is 8.57. The Morgan fingerprint density at radius 3 is 2.17 bits per heavy atom. The van der Waals surface area contributed by atoms with E-state index >= 15 is 0 Å². The minimum Gasteiger partial charge on any atom is -0.497 e. The summed E-state index contributed by atoms with van der Waals surface area (Å²) in [4.78, 5) is 14.3. The van der Waals surface area contributed by atoms with E-state index in [2.05, 4.69) is 22.8 Å². The first-order valence-electron chi connectivity index (χ1n) is 16.5. The molecular formula is C37H44N6O5. The van der Waals surface area contributed by atoms with Crippen LogP contribution >= 0.6 is 0 Å². The number of fused-ring (bicyclic) bond motifs is 1. The Kier molecular flexibility index (Phi) is 11.0. The van der Waals surface area contributed by atoms with Gasteiger partial charge in [0.15, 0.2) is 11.5 Å². The number of methoxy groups -OCH3 is 2. The van der Waals surface area contributed by atoms with E-state index in [9.17, 15) is 5.11 Å². The molecule has 1 unspecified atom stereocenters. The van der Waals surface area contributed by atoms with Crippen molar-refractivity contribution in [1.29, 1.82) is 0 Å². The first-order chi connectivity index (χ1) is 23.6. The van der Waals surface area contributed by atoms with Gasteiger partial charge in [0.25, 0.3) is 0 Å². The van der Waals surface area contributed by atoms with Gasteiger partial charge in [-0.1, -0.05) is 61.9 Å². The van der Waals surface area contributed by atoms with Gasteiger partial charge < -0.3 is 29.0 Å². The van der Waals surface area contributed by atoms with Crippen molar-refractivity contribution in [1.82, 2.24) is 24.5 Å². The molecule has 3 aromatic carbocycles. The monoisotopic (exact) mass is 652 g/mol. The molecule has 0 spiro atoms. The first-order valence-corrected chi connectivity index (χ1v) is 16.5. The highest BCUT2D eigenvalue weighted by atomic mass is 16.5. The molecule has 5 aromatic rings. The molecule has 0 bridgehead atoms. The van der Waals surface area contributed by atoms with Gasteiger partial charge in [0.1, 0.15) is 17.6 Å². The number of aliphatic hydroxyl groups is 1. The number of hydrogen-bond donors (Lipinski definition) is 1. The van der Waals surface area contributed by atoms with Gasteiger partial charge in [0, 0.05) is 32.7 Å². The fourth-order valence-corrected chi connectivity index (χ4v) is 5.85. The Balaban J connectivity index is 1.41. The quantitative estimate of drug-likeness (QED) is 0.147. The smallest absolute Gasteiger partial charge is 0.336 e. The molecule has 2 aromatic heterocycles. The van der Waals surface area contributed by atoms with E-state index < -0.39 is 6.10 Å². The highest BCUT2D eigenvalue weighted by Gasteiger charge is 2.25. The van der Waals surface area contributed by atoms with Crippen molar-refractivity contribution in [3.8, 4) is 17.5 Å². The SMILES string of the molecule is CCCCOc1nc(N(Cc2ccc(OC)cc2)Cc2ccc(OC)cc2)c2ncc(C(O)c3ccccc3CN3CCOCC3)n2n1. The number of imidazole rings is 1. The Hall–Kier alpha value is -4.71. The van der Waals surface area contributed by atoms with Crippen molar-refractivity contribution in [3.63, 3.8) is 0 Å². The summed E-state index contributed by atoms with van der Waals surface area (Å²) >= 11 is 0. The van der Waals surface area contributed by atoms with Crippen LogP contribution in [-0.2, 0) is 24.4 Å². The minimum absolute atomic E-state index is 0.230. The van der Waals surface area contributed by atoms with Crippen LogP contribution in [0.1, 0.15) is 53.8 Å². The van der Waals surface area contributed by atoms with Crippen LogP contribution < -0.4 is 19.1 Å². The lowest BCUT2D eigenvalue weighted by atomic mass is 10.00. The molecule has 1 N–H and O–H groups in total. The molecule has 0 aliphatic carbocycles. The van der Waals surface area contributed by atoms with Gasteiger partial charge in [0.05, 0.1) is 45.9 Å². The van der Waals surface area contributed by atoms with Gasteiger partial charge in [0.2, 0.25) is 0 Å². The van der Waals surface area contributed by atoms with Crippen molar-refractivity contribution in [3.05, 3.63) is 107 Å². The lowest BCUT2D eigenvalue weighted by Gasteiger charge is -2.28. The van der Waals surface area contributed by atoms with E-state index in [1.807, 2.05) is 66.7 Å². The summed E-state index contributed by atoms with van der Waals surface area (Å²) < 4.78 is 24.2. The topological polar surface area (TPSA) is 107 Å². The Morgan fingerprint density at radius 1 is 0.896 bits per heavy atom. The van der Waals surface area contributed by atoms with Crippen molar-refractivity contribution in [2.75, 3.05) is 52.0 Å². The fourth-order valence-electron chi connectivity index (χ4n) is 5.85. The van der Waals surface area contributed by atoms with Gasteiger partial charge in [-0.3, -0.25) is 4.90 Å². The number of anilines is 1. The number of aromatic nitrogens is 4. The molecule has 0 amide bonds. The number of ether oxygens (including phenoxy) is 4. The van der Waals surface area contributed by atoms with Gasteiger partial charge in [-0.05, 0) is 52.9 Å². The molecule has 6 rings (SSSR count). The summed E-state index contributed by atoms with van der Waals surface area (Å²) in [6.45, 7) is 7.51. The van der Waals surface area contributed by atoms with E-state index in [-0.39, 0.29) is 6.01 Å². The summed E-state index contributed by atoms with van der Waals surface area (Å²) in [7, 11) is 3.32. The number of hydrogen-bond acceptors (Lipinski definition) is 10. The van der Waals surface area contributed by atoms with Crippen molar-refractivity contribution in [2.24, 2.45) is 0 Å². The number of rotatable bonds is 15. The summed E-state index contributed by atoms with van der Waals surface area (Å²) in [5, 5.41) is 16.7. The van der Waals surface area contributed by atoms with Crippen molar-refractivity contribution >= 4 is 11.5 Å². The second-order valence-electron chi connectivity index (χ2n) is 11.9. The highest BCUT2D eigenvalue weighted by molar-refractivity contribution is 5.65. The van der Waals surface area contributed by atoms with Crippen molar-refractivity contribution < 1.29 is 24.1 Å². The van der Waals surface area contributed by atoms with E-state index in [4.69, 9.17) is 34.0 Å². The van der Waals surface area contributed by atoms with Crippen LogP contribution in [0.3, 0.4) is 0 Å². The zero-order chi connectivity index (χ0) is 33.3. The summed E-state index contributed by atoms with van der Waals surface area (Å²) in [5.41, 5.74) is 5.07. The molecule has 1 saturated heterocycles. The number of aliphatic hydroxyl groups excluding tert-OH is 1. The number of benzene rings is 3. The zero-order valence-electron chi connectivity index (χ0n) is 27.9. The van der Waals surface area contributed by atoms with Crippen LogP contribution in [0.25, 0.3) is 5.65 Å². The molecule has 48 heavy (non-hydrogen) atoms. The third kappa shape index (κ3) is 7.87. The number of nitrogens with zero attached hydrogens (tertiary/aromatic N) is 6. The second-order valence-corrected chi connectivity index (χ2v) is 11.9. The maximum atomic E-state index is 12.0. The zero-order valence-corrected chi connectivity index (χ0v) is 27.9. The molecule has 0 radical (unpaired) electrons. The second kappa shape index (κ2) is 15.9. The number of morpholine rings is 1. The molecule has 11 nitrogen and oxygen atoms in total. The lowest BCUT2D eigenvalue weighted by molar-refractivity contribution is 0.0338. The largest absolute Gasteiger partial charge is 0.497 e. The highest BCUT2D eigenvalue weighted by Crippen LogP contribution is 2.31. The summed E-state index contributed by atoms with van der Waals surface area (Å²) in [6, 6.07) is 24.2. The Bertz CT molecular complexity index is 1710. The summed E-state index contributed by atoms with van der Waals surface area (Å²) in [5.74, 6) is 2.18. The van der Waals surface area contributed by atoms with Gasteiger partial charge in [-0.2, -0.15) is 4.98 Å². The average Bonchev–Trinajstić information content (AvgIpc) is 3.56. The molecular weight excluding hydrogens is 608 g/mol. The fraction of sp³-hybridized carbons (Fsp3) is 0.378. The summed E-state index contributed by atoms with van der Waals surface area (Å²) in [6.07, 6.45) is 2.57. The van der Waals surface area contributed by atoms with Gasteiger partial charge in [-0.15, -0.1) is 5.10 Å². The standard InChI is InChI=1S/C37H44N6O5/c1-4-5-20-48-37-39-36(42(24-27-10-14-30(45-2)15-11-27)25-28-12-16-31(46-3)17-13-28)35-38-23-33(43(35)40-37)34(44)32-9-7-6-8-29(32)26-41-18-21-47-22-19-41/h6-17,23,34,44H,4-5,18-22,24-26H2,1-3H3. The molecule has 11 heteroatoms. The number of unbranched alkanes of at least 4 members (excludes halogenated alkanes) is 1.